The number of anilines is 1. The van der Waals surface area contributed by atoms with Crippen molar-refractivity contribution >= 4 is 28.4 Å². The molecule has 0 spiro atoms. The third-order valence-corrected chi connectivity index (χ3v) is 5.60. The molecule has 2 aromatic heterocycles. The summed E-state index contributed by atoms with van der Waals surface area (Å²) in [4.78, 5) is 7.25. The van der Waals surface area contributed by atoms with E-state index in [1.807, 2.05) is 0 Å². The lowest BCUT2D eigenvalue weighted by Crippen LogP contribution is -2.20. The van der Waals surface area contributed by atoms with Crippen LogP contribution < -0.4 is 4.90 Å². The first kappa shape index (κ1) is 13.0. The first-order valence-corrected chi connectivity index (χ1v) is 8.94. The Bertz CT molecular complexity index is 746. The molecule has 0 N–H and O–H groups in total. The van der Waals surface area contributed by atoms with Crippen LogP contribution >= 0.6 is 22.7 Å². The van der Waals surface area contributed by atoms with Crippen molar-refractivity contribution in [2.45, 2.75) is 19.4 Å². The van der Waals surface area contributed by atoms with Gasteiger partial charge in [-0.3, -0.25) is 0 Å². The zero-order chi connectivity index (χ0) is 14.2. The van der Waals surface area contributed by atoms with Gasteiger partial charge in [0.25, 0.3) is 0 Å². The smallest absolute Gasteiger partial charge is 0.124 e. The van der Waals surface area contributed by atoms with Crippen LogP contribution in [-0.2, 0) is 6.54 Å². The minimum absolute atomic E-state index is 0.608. The van der Waals surface area contributed by atoms with Crippen molar-refractivity contribution in [3.05, 3.63) is 57.7 Å². The van der Waals surface area contributed by atoms with Gasteiger partial charge in [0, 0.05) is 34.5 Å². The predicted molar refractivity (Wildman–Crippen MR) is 91.3 cm³/mol. The maximum absolute atomic E-state index is 4.80. The van der Waals surface area contributed by atoms with Crippen LogP contribution in [0.2, 0.25) is 0 Å². The van der Waals surface area contributed by atoms with E-state index in [1.165, 1.54) is 22.5 Å². The summed E-state index contributed by atoms with van der Waals surface area (Å²) in [5.41, 5.74) is 5.25. The summed E-state index contributed by atoms with van der Waals surface area (Å²) < 4.78 is 0. The number of nitrogens with zero attached hydrogens (tertiary/aromatic N) is 2. The van der Waals surface area contributed by atoms with Crippen LogP contribution in [0.5, 0.6) is 0 Å². The fraction of sp³-hybridized carbons (Fsp3) is 0.235. The predicted octanol–water partition coefficient (Wildman–Crippen LogP) is 5.00. The van der Waals surface area contributed by atoms with Gasteiger partial charge in [-0.25, -0.2) is 4.98 Å². The molecule has 1 aromatic carbocycles. The van der Waals surface area contributed by atoms with Crippen molar-refractivity contribution in [1.82, 2.24) is 4.98 Å². The van der Waals surface area contributed by atoms with Crippen LogP contribution in [0.15, 0.2) is 46.5 Å². The quantitative estimate of drug-likeness (QED) is 0.677. The van der Waals surface area contributed by atoms with Crippen molar-refractivity contribution in [3.8, 4) is 10.6 Å². The Morgan fingerprint density at radius 2 is 2.14 bits per heavy atom. The maximum Gasteiger partial charge on any atom is 0.124 e. The molecule has 21 heavy (non-hydrogen) atoms. The average molecular weight is 312 g/mol. The second-order valence-corrected chi connectivity index (χ2v) is 7.13. The SMILES string of the molecule is CC1CN(Cc2csc(-c3ccsc3)n2)c2ccccc21. The van der Waals surface area contributed by atoms with E-state index in [0.717, 1.165) is 18.1 Å². The van der Waals surface area contributed by atoms with E-state index in [1.54, 1.807) is 22.7 Å². The second-order valence-electron chi connectivity index (χ2n) is 5.50. The fourth-order valence-corrected chi connectivity index (χ4v) is 4.49. The van der Waals surface area contributed by atoms with Gasteiger partial charge in [0.15, 0.2) is 0 Å². The monoisotopic (exact) mass is 312 g/mol. The minimum atomic E-state index is 0.608. The molecule has 4 rings (SSSR count). The van der Waals surface area contributed by atoms with Gasteiger partial charge in [0.2, 0.25) is 0 Å². The topological polar surface area (TPSA) is 16.1 Å². The first-order chi connectivity index (χ1) is 10.3. The molecular weight excluding hydrogens is 296 g/mol. The molecule has 1 atom stereocenters. The lowest BCUT2D eigenvalue weighted by atomic mass is 10.0. The summed E-state index contributed by atoms with van der Waals surface area (Å²) in [5, 5.41) is 7.59. The van der Waals surface area contributed by atoms with Crippen molar-refractivity contribution in [1.29, 1.82) is 0 Å². The van der Waals surface area contributed by atoms with E-state index in [4.69, 9.17) is 4.98 Å². The van der Waals surface area contributed by atoms with Gasteiger partial charge in [-0.2, -0.15) is 11.3 Å². The lowest BCUT2D eigenvalue weighted by molar-refractivity contribution is 0.739. The molecule has 0 amide bonds. The molecule has 3 heterocycles. The molecule has 106 valence electrons. The van der Waals surface area contributed by atoms with Crippen molar-refractivity contribution in [2.24, 2.45) is 0 Å². The van der Waals surface area contributed by atoms with Gasteiger partial charge in [-0.1, -0.05) is 25.1 Å². The highest BCUT2D eigenvalue weighted by atomic mass is 32.1. The van der Waals surface area contributed by atoms with Crippen LogP contribution in [0.1, 0.15) is 24.1 Å². The summed E-state index contributed by atoms with van der Waals surface area (Å²) in [6, 6.07) is 10.9. The van der Waals surface area contributed by atoms with E-state index in [0.29, 0.717) is 5.92 Å². The number of hydrogen-bond donors (Lipinski definition) is 0. The van der Waals surface area contributed by atoms with Gasteiger partial charge in [-0.05, 0) is 23.1 Å². The Morgan fingerprint density at radius 1 is 1.24 bits per heavy atom. The highest BCUT2D eigenvalue weighted by molar-refractivity contribution is 7.14. The normalized spacial score (nSPS) is 17.2. The molecule has 1 unspecified atom stereocenters. The summed E-state index contributed by atoms with van der Waals surface area (Å²) in [5.74, 6) is 0.608. The molecule has 4 heteroatoms. The Labute approximate surface area is 132 Å². The summed E-state index contributed by atoms with van der Waals surface area (Å²) in [6.07, 6.45) is 0. The molecular formula is C17H16N2S2. The molecule has 1 aliphatic rings. The maximum atomic E-state index is 4.80. The van der Waals surface area contributed by atoms with Gasteiger partial charge in [-0.15, -0.1) is 11.3 Å². The number of rotatable bonds is 3. The Hall–Kier alpha value is -1.65. The largest absolute Gasteiger partial charge is 0.365 e. The van der Waals surface area contributed by atoms with Crippen LogP contribution in [0.3, 0.4) is 0 Å². The zero-order valence-corrected chi connectivity index (χ0v) is 13.5. The number of thiophene rings is 1. The number of fused-ring (bicyclic) bond motifs is 1. The Balaban J connectivity index is 1.58. The average Bonchev–Trinajstić information content (AvgIpc) is 3.21. The van der Waals surface area contributed by atoms with Crippen LogP contribution in [0, 0.1) is 0 Å². The third kappa shape index (κ3) is 2.39. The van der Waals surface area contributed by atoms with Crippen molar-refractivity contribution < 1.29 is 0 Å². The molecule has 0 fully saturated rings. The molecule has 2 nitrogen and oxygen atoms in total. The van der Waals surface area contributed by atoms with E-state index in [-0.39, 0.29) is 0 Å². The summed E-state index contributed by atoms with van der Waals surface area (Å²) in [7, 11) is 0. The zero-order valence-electron chi connectivity index (χ0n) is 11.8. The summed E-state index contributed by atoms with van der Waals surface area (Å²) >= 11 is 3.47. The number of hydrogen-bond acceptors (Lipinski definition) is 4. The number of aromatic nitrogens is 1. The van der Waals surface area contributed by atoms with Crippen molar-refractivity contribution in [3.63, 3.8) is 0 Å². The van der Waals surface area contributed by atoms with Gasteiger partial charge >= 0.3 is 0 Å². The van der Waals surface area contributed by atoms with Gasteiger partial charge in [0.1, 0.15) is 5.01 Å². The van der Waals surface area contributed by atoms with E-state index < -0.39 is 0 Å². The molecule has 3 aromatic rings. The van der Waals surface area contributed by atoms with Crippen molar-refractivity contribution in [2.75, 3.05) is 11.4 Å². The Morgan fingerprint density at radius 3 is 3.00 bits per heavy atom. The fourth-order valence-electron chi connectivity index (χ4n) is 2.96. The standard InChI is InChI=1S/C17H16N2S2/c1-12-8-19(16-5-3-2-4-15(12)16)9-14-11-21-17(18-14)13-6-7-20-10-13/h2-7,10-12H,8-9H2,1H3. The van der Waals surface area contributed by atoms with Crippen LogP contribution in [-0.4, -0.2) is 11.5 Å². The molecule has 0 aliphatic carbocycles. The van der Waals surface area contributed by atoms with Crippen LogP contribution in [0.25, 0.3) is 10.6 Å². The number of benzene rings is 1. The molecule has 0 saturated heterocycles. The van der Waals surface area contributed by atoms with E-state index in [9.17, 15) is 0 Å². The number of para-hydroxylation sites is 1. The minimum Gasteiger partial charge on any atom is -0.365 e. The summed E-state index contributed by atoms with van der Waals surface area (Å²) in [6.45, 7) is 4.29. The first-order valence-electron chi connectivity index (χ1n) is 7.12. The van der Waals surface area contributed by atoms with Crippen LogP contribution in [0.4, 0.5) is 5.69 Å². The van der Waals surface area contributed by atoms with Gasteiger partial charge in [0.05, 0.1) is 12.2 Å². The highest BCUT2D eigenvalue weighted by Gasteiger charge is 2.25. The molecule has 0 bridgehead atoms. The molecule has 0 radical (unpaired) electrons. The second kappa shape index (κ2) is 5.28. The molecule has 1 aliphatic heterocycles. The Kier molecular flexibility index (Phi) is 3.28. The van der Waals surface area contributed by atoms with Gasteiger partial charge < -0.3 is 4.90 Å². The van der Waals surface area contributed by atoms with E-state index >= 15 is 0 Å². The van der Waals surface area contributed by atoms with E-state index in [2.05, 4.69) is 58.3 Å². The highest BCUT2D eigenvalue weighted by Crippen LogP contribution is 2.37. The lowest BCUT2D eigenvalue weighted by Gasteiger charge is -2.18. The number of thiazole rings is 1. The molecule has 0 saturated carbocycles. The third-order valence-electron chi connectivity index (χ3n) is 3.98.